The van der Waals surface area contributed by atoms with Crippen LogP contribution in [-0.2, 0) is 29.1 Å². The third-order valence-electron chi connectivity index (χ3n) is 7.32. The molecular formula is C37H41N5O4. The lowest BCUT2D eigenvalue weighted by Gasteiger charge is -2.27. The molecule has 1 N–H and O–H groups in total. The van der Waals surface area contributed by atoms with Crippen molar-refractivity contribution in [3.05, 3.63) is 113 Å². The Labute approximate surface area is 270 Å². The first-order chi connectivity index (χ1) is 21.9. The number of nitrogens with one attached hydrogen (secondary N) is 1. The van der Waals surface area contributed by atoms with E-state index in [1.54, 1.807) is 11.0 Å². The van der Waals surface area contributed by atoms with E-state index in [0.29, 0.717) is 37.7 Å². The molecule has 0 atom stereocenters. The highest BCUT2D eigenvalue weighted by Gasteiger charge is 2.23. The smallest absolute Gasteiger partial charge is 0.410 e. The minimum absolute atomic E-state index is 0.166. The molecule has 0 radical (unpaired) electrons. The van der Waals surface area contributed by atoms with Crippen molar-refractivity contribution in [1.29, 1.82) is 0 Å². The second-order valence-corrected chi connectivity index (χ2v) is 12.4. The highest BCUT2D eigenvalue weighted by Crippen LogP contribution is 2.22. The number of carbonyl (C=O) groups excluding carboxylic acids is 2. The summed E-state index contributed by atoms with van der Waals surface area (Å²) in [5.41, 5.74) is 5.14. The van der Waals surface area contributed by atoms with Crippen molar-refractivity contribution in [3.63, 3.8) is 0 Å². The van der Waals surface area contributed by atoms with Gasteiger partial charge < -0.3 is 24.3 Å². The van der Waals surface area contributed by atoms with Gasteiger partial charge in [-0.05, 0) is 100 Å². The first kappa shape index (κ1) is 32.2. The molecule has 46 heavy (non-hydrogen) atoms. The van der Waals surface area contributed by atoms with Gasteiger partial charge in [0.25, 0.3) is 0 Å². The van der Waals surface area contributed by atoms with Gasteiger partial charge in [0.2, 0.25) is 5.91 Å². The van der Waals surface area contributed by atoms with E-state index in [9.17, 15) is 9.59 Å². The van der Waals surface area contributed by atoms with Crippen molar-refractivity contribution >= 4 is 28.7 Å². The van der Waals surface area contributed by atoms with Crippen LogP contribution >= 0.6 is 0 Å². The summed E-state index contributed by atoms with van der Waals surface area (Å²) in [5.74, 6) is 1.89. The lowest BCUT2D eigenvalue weighted by atomic mass is 10.1. The third kappa shape index (κ3) is 8.50. The van der Waals surface area contributed by atoms with Gasteiger partial charge in [0.05, 0.1) is 5.52 Å². The molecule has 2 aromatic carbocycles. The largest absolute Gasteiger partial charge is 0.489 e. The topological polar surface area (TPSA) is 98.6 Å². The molecule has 2 amide bonds. The van der Waals surface area contributed by atoms with Gasteiger partial charge in [-0.25, -0.2) is 14.8 Å². The van der Waals surface area contributed by atoms with Gasteiger partial charge in [-0.15, -0.1) is 0 Å². The maximum Gasteiger partial charge on any atom is 0.410 e. The van der Waals surface area contributed by atoms with Crippen LogP contribution in [0.3, 0.4) is 0 Å². The Morgan fingerprint density at radius 2 is 1.61 bits per heavy atom. The normalized spacial score (nSPS) is 11.3. The molecule has 0 aliphatic carbocycles. The number of pyridine rings is 2. The fourth-order valence-corrected chi connectivity index (χ4v) is 5.19. The molecule has 3 heterocycles. The van der Waals surface area contributed by atoms with Crippen molar-refractivity contribution in [1.82, 2.24) is 19.4 Å². The summed E-state index contributed by atoms with van der Waals surface area (Å²) in [4.78, 5) is 35.9. The van der Waals surface area contributed by atoms with Gasteiger partial charge in [0.1, 0.15) is 29.6 Å². The molecule has 0 unspecified atom stereocenters. The number of fused-ring (bicyclic) bond motifs is 1. The number of hydrogen-bond donors (Lipinski definition) is 1. The van der Waals surface area contributed by atoms with Gasteiger partial charge in [0.15, 0.2) is 0 Å². The summed E-state index contributed by atoms with van der Waals surface area (Å²) in [6.45, 7) is 12.3. The zero-order chi connectivity index (χ0) is 32.8. The maximum absolute atomic E-state index is 13.3. The number of carbonyl (C=O) groups is 2. The summed E-state index contributed by atoms with van der Waals surface area (Å²) in [5, 5.41) is 3.70. The van der Waals surface area contributed by atoms with Crippen LogP contribution in [0.5, 0.6) is 5.75 Å². The Bertz CT molecular complexity index is 1840. The molecule has 9 heteroatoms. The van der Waals surface area contributed by atoms with Crippen LogP contribution < -0.4 is 10.1 Å². The molecular weight excluding hydrogens is 578 g/mol. The molecule has 9 nitrogen and oxygen atoms in total. The minimum atomic E-state index is -0.625. The van der Waals surface area contributed by atoms with Crippen molar-refractivity contribution in [2.75, 3.05) is 11.9 Å². The molecule has 0 spiro atoms. The van der Waals surface area contributed by atoms with Crippen molar-refractivity contribution < 1.29 is 19.1 Å². The average molecular weight is 620 g/mol. The molecule has 0 fully saturated rings. The van der Waals surface area contributed by atoms with Crippen LogP contribution in [-0.4, -0.2) is 43.6 Å². The molecule has 0 saturated carbocycles. The zero-order valence-corrected chi connectivity index (χ0v) is 27.3. The second kappa shape index (κ2) is 13.9. The van der Waals surface area contributed by atoms with E-state index < -0.39 is 5.60 Å². The lowest BCUT2D eigenvalue weighted by molar-refractivity contribution is -0.114. The van der Waals surface area contributed by atoms with Gasteiger partial charge in [-0.2, -0.15) is 0 Å². The average Bonchev–Trinajstić information content (AvgIpc) is 3.34. The summed E-state index contributed by atoms with van der Waals surface area (Å²) in [6.07, 6.45) is 0.192. The molecule has 0 aliphatic heterocycles. The first-order valence-corrected chi connectivity index (χ1v) is 15.4. The van der Waals surface area contributed by atoms with E-state index in [4.69, 9.17) is 14.5 Å². The molecule has 0 saturated heterocycles. The van der Waals surface area contributed by atoms with Crippen LogP contribution in [0.1, 0.15) is 55.9 Å². The number of ether oxygens (including phenoxy) is 2. The van der Waals surface area contributed by atoms with Crippen LogP contribution in [0.15, 0.2) is 84.9 Å². The maximum atomic E-state index is 13.3. The Morgan fingerprint density at radius 1 is 0.870 bits per heavy atom. The third-order valence-corrected chi connectivity index (χ3v) is 7.32. The predicted molar refractivity (Wildman–Crippen MR) is 180 cm³/mol. The molecule has 3 aromatic heterocycles. The van der Waals surface area contributed by atoms with Crippen molar-refractivity contribution in [2.24, 2.45) is 0 Å². The summed E-state index contributed by atoms with van der Waals surface area (Å²) in [6, 6.07) is 27.5. The van der Waals surface area contributed by atoms with Crippen molar-refractivity contribution in [2.45, 2.75) is 66.7 Å². The summed E-state index contributed by atoms with van der Waals surface area (Å²) < 4.78 is 14.1. The van der Waals surface area contributed by atoms with E-state index in [1.165, 1.54) is 6.92 Å². The Morgan fingerprint density at radius 3 is 2.35 bits per heavy atom. The van der Waals surface area contributed by atoms with Crippen LogP contribution in [0.25, 0.3) is 16.7 Å². The fourth-order valence-electron chi connectivity index (χ4n) is 5.19. The highest BCUT2D eigenvalue weighted by atomic mass is 16.6. The molecule has 238 valence electrons. The number of benzene rings is 2. The van der Waals surface area contributed by atoms with Crippen LogP contribution in [0.4, 0.5) is 10.6 Å². The fraction of sp³-hybridized carbons (Fsp3) is 0.297. The Kier molecular flexibility index (Phi) is 9.70. The standard InChI is InChI=1S/C37H41N5O4/c1-25-13-14-26(2)42(25)35-12-8-10-31(39-35)19-20-41(36(44)46-37(4,5)6)23-28-9-7-11-32(21-28)45-24-29-15-16-30-17-18-34(38-27(3)43)40-33(30)22-29/h7-18,21-22H,19-20,23-24H2,1-6H3,(H,38,40,43). The lowest BCUT2D eigenvalue weighted by Crippen LogP contribution is -2.37. The number of amides is 2. The Hall–Kier alpha value is -5.18. The van der Waals surface area contributed by atoms with Gasteiger partial charge in [0, 0.05) is 48.9 Å². The van der Waals surface area contributed by atoms with Gasteiger partial charge in [-0.3, -0.25) is 4.79 Å². The van der Waals surface area contributed by atoms with E-state index in [-0.39, 0.29) is 12.0 Å². The SMILES string of the molecule is CC(=O)Nc1ccc2ccc(COc3cccc(CN(CCc4cccc(-n5c(C)ccc5C)n4)C(=O)OC(C)(C)C)c3)cc2n1. The number of anilines is 1. The molecule has 0 bridgehead atoms. The van der Waals surface area contributed by atoms with Crippen LogP contribution in [0, 0.1) is 13.8 Å². The number of aromatic nitrogens is 3. The number of nitrogens with zero attached hydrogens (tertiary/aromatic N) is 4. The van der Waals surface area contributed by atoms with E-state index in [2.05, 4.69) is 40.8 Å². The number of hydrogen-bond acceptors (Lipinski definition) is 6. The number of rotatable bonds is 10. The second-order valence-electron chi connectivity index (χ2n) is 12.4. The first-order valence-electron chi connectivity index (χ1n) is 15.4. The number of aryl methyl sites for hydroxylation is 2. The van der Waals surface area contributed by atoms with E-state index in [1.807, 2.05) is 87.5 Å². The van der Waals surface area contributed by atoms with E-state index >= 15 is 0 Å². The summed E-state index contributed by atoms with van der Waals surface area (Å²) >= 11 is 0. The molecule has 0 aliphatic rings. The zero-order valence-electron chi connectivity index (χ0n) is 27.3. The van der Waals surface area contributed by atoms with Crippen molar-refractivity contribution in [3.8, 4) is 11.6 Å². The predicted octanol–water partition coefficient (Wildman–Crippen LogP) is 7.55. The monoisotopic (exact) mass is 619 g/mol. The minimum Gasteiger partial charge on any atom is -0.489 e. The Balaban J connectivity index is 1.28. The molecule has 5 aromatic rings. The molecule has 5 rings (SSSR count). The quantitative estimate of drug-likeness (QED) is 0.173. The van der Waals surface area contributed by atoms with Gasteiger partial charge >= 0.3 is 6.09 Å². The van der Waals surface area contributed by atoms with E-state index in [0.717, 1.165) is 44.9 Å². The van der Waals surface area contributed by atoms with Crippen LogP contribution in [0.2, 0.25) is 0 Å². The highest BCUT2D eigenvalue weighted by molar-refractivity contribution is 5.89. The van der Waals surface area contributed by atoms with Gasteiger partial charge in [-0.1, -0.05) is 30.3 Å². The summed E-state index contributed by atoms with van der Waals surface area (Å²) in [7, 11) is 0.